The van der Waals surface area contributed by atoms with Crippen molar-refractivity contribution in [2.24, 2.45) is 0 Å². The number of rotatable bonds is 5. The Balaban J connectivity index is 2.00. The van der Waals surface area contributed by atoms with Crippen molar-refractivity contribution in [1.82, 2.24) is 4.98 Å². The molecule has 3 aromatic rings. The molecule has 0 amide bonds. The molecule has 1 aromatic heterocycles. The molecule has 5 heteroatoms. The molecule has 116 valence electrons. The number of halogens is 1. The van der Waals surface area contributed by atoms with Gasteiger partial charge in [0, 0.05) is 11.4 Å². The summed E-state index contributed by atoms with van der Waals surface area (Å²) in [5.41, 5.74) is 2.84. The fraction of sp³-hybridized carbons (Fsp3) is 0.111. The van der Waals surface area contributed by atoms with E-state index in [0.717, 1.165) is 26.4 Å². The van der Waals surface area contributed by atoms with Crippen LogP contribution in [0, 0.1) is 0 Å². The molecule has 0 aliphatic carbocycles. The van der Waals surface area contributed by atoms with Crippen molar-refractivity contribution in [3.8, 4) is 0 Å². The van der Waals surface area contributed by atoms with Gasteiger partial charge in [0.15, 0.2) is 0 Å². The summed E-state index contributed by atoms with van der Waals surface area (Å²) >= 11 is 7.49. The predicted octanol–water partition coefficient (Wildman–Crippen LogP) is 5.36. The monoisotopic (exact) mass is 343 g/mol. The van der Waals surface area contributed by atoms with E-state index in [1.54, 1.807) is 11.3 Å². The van der Waals surface area contributed by atoms with Crippen LogP contribution in [0.1, 0.15) is 23.4 Å². The van der Waals surface area contributed by atoms with Crippen molar-refractivity contribution >= 4 is 50.8 Å². The number of allylic oxidation sites excluding steroid dienone is 1. The van der Waals surface area contributed by atoms with Gasteiger partial charge in [-0.05, 0) is 47.9 Å². The quantitative estimate of drug-likeness (QED) is 0.678. The molecule has 3 rings (SSSR count). The minimum Gasteiger partial charge on any atom is -0.481 e. The number of fused-ring (bicyclic) bond motifs is 1. The summed E-state index contributed by atoms with van der Waals surface area (Å²) in [4.78, 5) is 15.6. The van der Waals surface area contributed by atoms with Crippen molar-refractivity contribution in [3.63, 3.8) is 0 Å². The minimum absolute atomic E-state index is 0.0787. The van der Waals surface area contributed by atoms with E-state index in [1.165, 1.54) is 0 Å². The number of carboxylic acid groups (broad SMARTS) is 1. The molecule has 0 spiro atoms. The Morgan fingerprint density at radius 2 is 1.87 bits per heavy atom. The molecule has 3 nitrogen and oxygen atoms in total. The van der Waals surface area contributed by atoms with Crippen LogP contribution in [0.2, 0.25) is 5.02 Å². The third-order valence-electron chi connectivity index (χ3n) is 3.39. The Bertz CT molecular complexity index is 835. The first-order valence-corrected chi connectivity index (χ1v) is 8.35. The smallest absolute Gasteiger partial charge is 0.303 e. The lowest BCUT2D eigenvalue weighted by molar-refractivity contribution is -0.136. The molecule has 0 bridgehead atoms. The van der Waals surface area contributed by atoms with E-state index in [9.17, 15) is 4.79 Å². The molecule has 0 atom stereocenters. The number of aliphatic carboxylic acids is 1. The van der Waals surface area contributed by atoms with Crippen molar-refractivity contribution in [1.29, 1.82) is 0 Å². The second-order valence-corrected chi connectivity index (χ2v) is 6.57. The fourth-order valence-corrected chi connectivity index (χ4v) is 3.39. The van der Waals surface area contributed by atoms with Gasteiger partial charge in [0.2, 0.25) is 0 Å². The first-order valence-electron chi connectivity index (χ1n) is 7.16. The zero-order valence-corrected chi connectivity index (χ0v) is 13.8. The summed E-state index contributed by atoms with van der Waals surface area (Å²) in [6.07, 6.45) is 2.50. The number of carboxylic acids is 1. The predicted molar refractivity (Wildman–Crippen MR) is 95.8 cm³/mol. The van der Waals surface area contributed by atoms with Crippen LogP contribution >= 0.6 is 22.9 Å². The van der Waals surface area contributed by atoms with Gasteiger partial charge in [0.1, 0.15) is 5.01 Å². The number of thiazole rings is 1. The third kappa shape index (κ3) is 3.97. The Morgan fingerprint density at radius 3 is 2.57 bits per heavy atom. The number of para-hydroxylation sites is 1. The van der Waals surface area contributed by atoms with Crippen LogP contribution in [-0.2, 0) is 4.79 Å². The third-order valence-corrected chi connectivity index (χ3v) is 4.75. The van der Waals surface area contributed by atoms with Crippen LogP contribution < -0.4 is 0 Å². The summed E-state index contributed by atoms with van der Waals surface area (Å²) < 4.78 is 1.10. The lowest BCUT2D eigenvalue weighted by Gasteiger charge is -2.03. The average molecular weight is 344 g/mol. The second kappa shape index (κ2) is 6.94. The molecule has 0 aliphatic rings. The van der Waals surface area contributed by atoms with Crippen LogP contribution in [-0.4, -0.2) is 16.1 Å². The van der Waals surface area contributed by atoms with Crippen LogP contribution in [0.5, 0.6) is 0 Å². The Kier molecular flexibility index (Phi) is 4.74. The molecule has 23 heavy (non-hydrogen) atoms. The number of hydrogen-bond donors (Lipinski definition) is 1. The lowest BCUT2D eigenvalue weighted by Crippen LogP contribution is -1.95. The van der Waals surface area contributed by atoms with Gasteiger partial charge in [-0.3, -0.25) is 4.79 Å². The highest BCUT2D eigenvalue weighted by atomic mass is 35.5. The van der Waals surface area contributed by atoms with E-state index in [2.05, 4.69) is 4.98 Å². The first-order chi connectivity index (χ1) is 11.1. The lowest BCUT2D eigenvalue weighted by atomic mass is 10.1. The summed E-state index contributed by atoms with van der Waals surface area (Å²) in [6.45, 7) is 0. The zero-order valence-electron chi connectivity index (χ0n) is 12.2. The number of aromatic nitrogens is 1. The molecule has 2 aromatic carbocycles. The van der Waals surface area contributed by atoms with E-state index in [-0.39, 0.29) is 6.42 Å². The van der Waals surface area contributed by atoms with E-state index in [0.29, 0.717) is 11.4 Å². The SMILES string of the molecule is O=C(O)CC/C(=C/c1ccc(Cl)cc1)c1nc2ccccc2s1. The Hall–Kier alpha value is -2.17. The van der Waals surface area contributed by atoms with Gasteiger partial charge in [0.25, 0.3) is 0 Å². The molecule has 0 saturated heterocycles. The van der Waals surface area contributed by atoms with Gasteiger partial charge in [-0.25, -0.2) is 4.98 Å². The first kappa shape index (κ1) is 15.7. The van der Waals surface area contributed by atoms with Crippen molar-refractivity contribution < 1.29 is 9.90 Å². The summed E-state index contributed by atoms with van der Waals surface area (Å²) in [7, 11) is 0. The minimum atomic E-state index is -0.812. The normalized spacial score (nSPS) is 11.8. The standard InChI is InChI=1S/C18H14ClNO2S/c19-14-8-5-12(6-9-14)11-13(7-10-17(21)22)18-20-15-3-1-2-4-16(15)23-18/h1-6,8-9,11H,7,10H2,(H,21,22)/b13-11-. The summed E-state index contributed by atoms with van der Waals surface area (Å²) in [5, 5.41) is 10.5. The van der Waals surface area contributed by atoms with E-state index < -0.39 is 5.97 Å². The highest BCUT2D eigenvalue weighted by molar-refractivity contribution is 7.19. The molecule has 0 saturated carbocycles. The summed E-state index contributed by atoms with van der Waals surface area (Å²) in [6, 6.07) is 15.4. The van der Waals surface area contributed by atoms with Crippen LogP contribution in [0.3, 0.4) is 0 Å². The molecule has 1 heterocycles. The van der Waals surface area contributed by atoms with Gasteiger partial charge >= 0.3 is 5.97 Å². The molecule has 1 N–H and O–H groups in total. The molecule has 0 unspecified atom stereocenters. The van der Waals surface area contributed by atoms with E-state index in [4.69, 9.17) is 16.7 Å². The molecular formula is C18H14ClNO2S. The number of nitrogens with zero attached hydrogens (tertiary/aromatic N) is 1. The maximum absolute atomic E-state index is 10.9. The molecule has 0 fully saturated rings. The highest BCUT2D eigenvalue weighted by Crippen LogP contribution is 2.31. The Labute approximate surface area is 142 Å². The van der Waals surface area contributed by atoms with E-state index >= 15 is 0 Å². The van der Waals surface area contributed by atoms with Gasteiger partial charge in [-0.15, -0.1) is 11.3 Å². The molecule has 0 aliphatic heterocycles. The Morgan fingerprint density at radius 1 is 1.13 bits per heavy atom. The van der Waals surface area contributed by atoms with Gasteiger partial charge in [-0.2, -0.15) is 0 Å². The van der Waals surface area contributed by atoms with Gasteiger partial charge < -0.3 is 5.11 Å². The van der Waals surface area contributed by atoms with Crippen LogP contribution in [0.4, 0.5) is 0 Å². The van der Waals surface area contributed by atoms with E-state index in [1.807, 2.05) is 54.6 Å². The average Bonchev–Trinajstić information content (AvgIpc) is 2.97. The van der Waals surface area contributed by atoms with Crippen molar-refractivity contribution in [2.45, 2.75) is 12.8 Å². The topological polar surface area (TPSA) is 50.2 Å². The molecular weight excluding hydrogens is 330 g/mol. The number of benzene rings is 2. The maximum Gasteiger partial charge on any atom is 0.303 e. The maximum atomic E-state index is 10.9. The zero-order chi connectivity index (χ0) is 16.2. The second-order valence-electron chi connectivity index (χ2n) is 5.10. The van der Waals surface area contributed by atoms with Gasteiger partial charge in [-0.1, -0.05) is 35.9 Å². The van der Waals surface area contributed by atoms with Crippen LogP contribution in [0.15, 0.2) is 48.5 Å². The van der Waals surface area contributed by atoms with Crippen molar-refractivity contribution in [3.05, 3.63) is 64.1 Å². The molecule has 0 radical (unpaired) electrons. The van der Waals surface area contributed by atoms with Crippen LogP contribution in [0.25, 0.3) is 21.9 Å². The summed E-state index contributed by atoms with van der Waals surface area (Å²) in [5.74, 6) is -0.812. The highest BCUT2D eigenvalue weighted by Gasteiger charge is 2.11. The number of hydrogen-bond acceptors (Lipinski definition) is 3. The van der Waals surface area contributed by atoms with Gasteiger partial charge in [0.05, 0.1) is 10.2 Å². The fourth-order valence-electron chi connectivity index (χ4n) is 2.25. The number of carbonyl (C=O) groups is 1. The largest absolute Gasteiger partial charge is 0.481 e. The van der Waals surface area contributed by atoms with Crippen molar-refractivity contribution in [2.75, 3.05) is 0 Å².